The predicted octanol–water partition coefficient (Wildman–Crippen LogP) is 3.65. The third-order valence-electron chi connectivity index (χ3n) is 5.29. The van der Waals surface area contributed by atoms with E-state index in [0.717, 1.165) is 24.1 Å². The van der Waals surface area contributed by atoms with Crippen molar-refractivity contribution in [1.82, 2.24) is 9.97 Å². The van der Waals surface area contributed by atoms with Gasteiger partial charge in [0.15, 0.2) is 0 Å². The lowest BCUT2D eigenvalue weighted by Crippen LogP contribution is -2.45. The number of hydrogen-bond donors (Lipinski definition) is 2. The van der Waals surface area contributed by atoms with Gasteiger partial charge in [0.2, 0.25) is 11.9 Å². The van der Waals surface area contributed by atoms with E-state index in [1.165, 1.54) is 24.3 Å². The van der Waals surface area contributed by atoms with Gasteiger partial charge in [-0.15, -0.1) is 0 Å². The molecule has 7 nitrogen and oxygen atoms in total. The minimum absolute atomic E-state index is 0.209. The fourth-order valence-corrected chi connectivity index (χ4v) is 3.69. The van der Waals surface area contributed by atoms with E-state index in [0.29, 0.717) is 17.8 Å². The molecule has 0 spiro atoms. The first kappa shape index (κ1) is 20.5. The molecular weight excluding hydrogens is 397 g/mol. The van der Waals surface area contributed by atoms with Crippen LogP contribution in [0.15, 0.2) is 60.9 Å². The highest BCUT2D eigenvalue weighted by atomic mass is 19.1. The Kier molecular flexibility index (Phi) is 5.88. The average molecular weight is 419 g/mol. The molecule has 2 aromatic carbocycles. The largest absolute Gasteiger partial charge is 0.359 e. The van der Waals surface area contributed by atoms with Crippen LogP contribution < -0.4 is 15.5 Å². The summed E-state index contributed by atoms with van der Waals surface area (Å²) in [5, 5.41) is 5.67. The van der Waals surface area contributed by atoms with Crippen molar-refractivity contribution < 1.29 is 14.0 Å². The van der Waals surface area contributed by atoms with Crippen molar-refractivity contribution in [3.63, 3.8) is 0 Å². The maximum Gasteiger partial charge on any atom is 0.255 e. The summed E-state index contributed by atoms with van der Waals surface area (Å²) in [6, 6.07) is 12.3. The minimum Gasteiger partial charge on any atom is -0.359 e. The van der Waals surface area contributed by atoms with Crippen molar-refractivity contribution in [1.29, 1.82) is 0 Å². The Morgan fingerprint density at radius 2 is 1.77 bits per heavy atom. The summed E-state index contributed by atoms with van der Waals surface area (Å²) in [5.41, 5.74) is 2.94. The van der Waals surface area contributed by atoms with Crippen LogP contribution in [0.25, 0.3) is 0 Å². The standard InChI is InChI=1S/C23H22FN5O2/c1-15(21(30)28-23-25-12-4-13-26-23)29-14-3-5-18-19(6-2-7-20(18)29)27-22(31)16-8-10-17(24)11-9-16/h2,4,6-13,15H,3,5,14H2,1H3,(H,27,31)(H,25,26,28,30). The molecule has 1 unspecified atom stereocenters. The summed E-state index contributed by atoms with van der Waals surface area (Å²) >= 11 is 0. The van der Waals surface area contributed by atoms with E-state index in [1.807, 2.05) is 30.0 Å². The predicted molar refractivity (Wildman–Crippen MR) is 117 cm³/mol. The molecule has 2 amide bonds. The Morgan fingerprint density at radius 3 is 2.52 bits per heavy atom. The highest BCUT2D eigenvalue weighted by molar-refractivity contribution is 6.05. The van der Waals surface area contributed by atoms with Gasteiger partial charge < -0.3 is 10.2 Å². The molecule has 1 aromatic heterocycles. The van der Waals surface area contributed by atoms with E-state index in [9.17, 15) is 14.0 Å². The smallest absolute Gasteiger partial charge is 0.255 e. The molecule has 1 atom stereocenters. The van der Waals surface area contributed by atoms with Gasteiger partial charge in [-0.1, -0.05) is 6.07 Å². The number of anilines is 3. The fourth-order valence-electron chi connectivity index (χ4n) is 3.69. The Labute approximate surface area is 179 Å². The number of rotatable bonds is 5. The van der Waals surface area contributed by atoms with Crippen molar-refractivity contribution in [2.45, 2.75) is 25.8 Å². The molecule has 4 rings (SSSR count). The van der Waals surface area contributed by atoms with Gasteiger partial charge in [-0.2, -0.15) is 0 Å². The quantitative estimate of drug-likeness (QED) is 0.659. The number of carbonyl (C=O) groups is 2. The van der Waals surface area contributed by atoms with E-state index in [1.54, 1.807) is 18.5 Å². The molecule has 2 N–H and O–H groups in total. The van der Waals surface area contributed by atoms with Crippen LogP contribution in [-0.2, 0) is 11.2 Å². The zero-order chi connectivity index (χ0) is 21.8. The Hall–Kier alpha value is -3.81. The lowest BCUT2D eigenvalue weighted by atomic mass is 9.98. The maximum absolute atomic E-state index is 13.1. The van der Waals surface area contributed by atoms with Crippen LogP contribution in [0.3, 0.4) is 0 Å². The third-order valence-corrected chi connectivity index (χ3v) is 5.29. The van der Waals surface area contributed by atoms with Crippen molar-refractivity contribution in [3.8, 4) is 0 Å². The van der Waals surface area contributed by atoms with Crippen LogP contribution in [0.4, 0.5) is 21.7 Å². The molecule has 0 radical (unpaired) electrons. The second kappa shape index (κ2) is 8.91. The van der Waals surface area contributed by atoms with Crippen molar-refractivity contribution in [3.05, 3.63) is 77.9 Å². The molecule has 0 bridgehead atoms. The summed E-state index contributed by atoms with van der Waals surface area (Å²) in [5.74, 6) is -0.647. The van der Waals surface area contributed by atoms with Crippen molar-refractivity contribution in [2.24, 2.45) is 0 Å². The number of carbonyl (C=O) groups excluding carboxylic acids is 2. The van der Waals surface area contributed by atoms with E-state index in [2.05, 4.69) is 20.6 Å². The van der Waals surface area contributed by atoms with Crippen LogP contribution in [0.5, 0.6) is 0 Å². The lowest BCUT2D eigenvalue weighted by molar-refractivity contribution is -0.117. The molecule has 1 aliphatic rings. The molecule has 0 aliphatic carbocycles. The molecule has 1 aliphatic heterocycles. The molecular formula is C23H22FN5O2. The number of fused-ring (bicyclic) bond motifs is 1. The lowest BCUT2D eigenvalue weighted by Gasteiger charge is -2.36. The van der Waals surface area contributed by atoms with Crippen LogP contribution in [0.2, 0.25) is 0 Å². The molecule has 8 heteroatoms. The van der Waals surface area contributed by atoms with Crippen LogP contribution in [0, 0.1) is 5.82 Å². The summed E-state index contributed by atoms with van der Waals surface area (Å²) in [6.45, 7) is 2.55. The van der Waals surface area contributed by atoms with E-state index in [-0.39, 0.29) is 17.8 Å². The van der Waals surface area contributed by atoms with Gasteiger partial charge >= 0.3 is 0 Å². The van der Waals surface area contributed by atoms with E-state index < -0.39 is 11.9 Å². The van der Waals surface area contributed by atoms with Gasteiger partial charge in [-0.3, -0.25) is 14.9 Å². The summed E-state index contributed by atoms with van der Waals surface area (Å²) in [6.07, 6.45) is 4.76. The number of halogens is 1. The fraction of sp³-hybridized carbons (Fsp3) is 0.217. The zero-order valence-corrected chi connectivity index (χ0v) is 17.0. The number of amides is 2. The highest BCUT2D eigenvalue weighted by Crippen LogP contribution is 2.34. The average Bonchev–Trinajstić information content (AvgIpc) is 2.79. The van der Waals surface area contributed by atoms with Crippen LogP contribution in [-0.4, -0.2) is 34.4 Å². The number of benzene rings is 2. The van der Waals surface area contributed by atoms with Gasteiger partial charge in [0, 0.05) is 35.9 Å². The van der Waals surface area contributed by atoms with Crippen LogP contribution >= 0.6 is 0 Å². The maximum atomic E-state index is 13.1. The molecule has 0 saturated heterocycles. The minimum atomic E-state index is -0.453. The number of aromatic nitrogens is 2. The van der Waals surface area contributed by atoms with E-state index in [4.69, 9.17) is 0 Å². The van der Waals surface area contributed by atoms with Crippen molar-refractivity contribution >= 4 is 29.1 Å². The second-order valence-corrected chi connectivity index (χ2v) is 7.30. The zero-order valence-electron chi connectivity index (χ0n) is 17.0. The van der Waals surface area contributed by atoms with E-state index >= 15 is 0 Å². The SMILES string of the molecule is CC(C(=O)Nc1ncccn1)N1CCCc2c(NC(=O)c3ccc(F)cc3)cccc21. The molecule has 0 fully saturated rings. The number of hydrogen-bond acceptors (Lipinski definition) is 5. The molecule has 3 aromatic rings. The Morgan fingerprint density at radius 1 is 1.03 bits per heavy atom. The normalized spacial score (nSPS) is 13.8. The van der Waals surface area contributed by atoms with Crippen LogP contribution in [0.1, 0.15) is 29.3 Å². The van der Waals surface area contributed by atoms with Gasteiger partial charge in [0.05, 0.1) is 0 Å². The number of nitrogens with one attached hydrogen (secondary N) is 2. The molecule has 158 valence electrons. The monoisotopic (exact) mass is 419 g/mol. The Balaban J connectivity index is 1.54. The topological polar surface area (TPSA) is 87.2 Å². The summed E-state index contributed by atoms with van der Waals surface area (Å²) < 4.78 is 13.1. The first-order valence-electron chi connectivity index (χ1n) is 10.1. The molecule has 0 saturated carbocycles. The molecule has 2 heterocycles. The third kappa shape index (κ3) is 4.53. The summed E-state index contributed by atoms with van der Waals surface area (Å²) in [7, 11) is 0. The Bertz CT molecular complexity index is 1090. The van der Waals surface area contributed by atoms with Gasteiger partial charge in [0.25, 0.3) is 5.91 Å². The highest BCUT2D eigenvalue weighted by Gasteiger charge is 2.28. The second-order valence-electron chi connectivity index (χ2n) is 7.30. The van der Waals surface area contributed by atoms with Gasteiger partial charge in [-0.05, 0) is 67.8 Å². The summed E-state index contributed by atoms with van der Waals surface area (Å²) in [4.78, 5) is 35.5. The first-order valence-corrected chi connectivity index (χ1v) is 10.1. The number of nitrogens with zero attached hydrogens (tertiary/aromatic N) is 3. The van der Waals surface area contributed by atoms with Gasteiger partial charge in [0.1, 0.15) is 11.9 Å². The van der Waals surface area contributed by atoms with Gasteiger partial charge in [-0.25, -0.2) is 14.4 Å². The molecule has 31 heavy (non-hydrogen) atoms. The van der Waals surface area contributed by atoms with Crippen molar-refractivity contribution in [2.75, 3.05) is 22.1 Å². The first-order chi connectivity index (χ1) is 15.0.